The van der Waals surface area contributed by atoms with Crippen molar-refractivity contribution in [2.75, 3.05) is 26.7 Å². The van der Waals surface area contributed by atoms with Gasteiger partial charge in [0.2, 0.25) is 0 Å². The number of pyridine rings is 1. The Balaban J connectivity index is 1.66. The molecule has 0 spiro atoms. The summed E-state index contributed by atoms with van der Waals surface area (Å²) < 4.78 is 6.00. The third-order valence-corrected chi connectivity index (χ3v) is 5.21. The molecule has 27 heavy (non-hydrogen) atoms. The maximum atomic E-state index is 12.9. The Labute approximate surface area is 161 Å². The molecule has 1 fully saturated rings. The zero-order valence-corrected chi connectivity index (χ0v) is 16.5. The van der Waals surface area contributed by atoms with Crippen LogP contribution in [0.25, 0.3) is 0 Å². The number of rotatable bonds is 6. The quantitative estimate of drug-likeness (QED) is 0.851. The highest BCUT2D eigenvalue weighted by Gasteiger charge is 2.24. The summed E-state index contributed by atoms with van der Waals surface area (Å²) in [6, 6.07) is 7.80. The van der Waals surface area contributed by atoms with E-state index in [-0.39, 0.29) is 5.91 Å². The van der Waals surface area contributed by atoms with Crippen molar-refractivity contribution in [2.24, 2.45) is 5.92 Å². The van der Waals surface area contributed by atoms with Gasteiger partial charge in [-0.3, -0.25) is 9.78 Å². The first-order valence-electron chi connectivity index (χ1n) is 9.65. The highest BCUT2D eigenvalue weighted by Crippen LogP contribution is 2.27. The summed E-state index contributed by atoms with van der Waals surface area (Å²) in [4.78, 5) is 19.0. The number of nitrogens with zero attached hydrogens (tertiary/aromatic N) is 2. The minimum atomic E-state index is 0.128. The largest absolute Gasteiger partial charge is 0.488 e. The summed E-state index contributed by atoms with van der Waals surface area (Å²) in [5.41, 5.74) is 3.77. The average Bonchev–Trinajstić information content (AvgIpc) is 2.68. The number of ether oxygens (including phenoxy) is 1. The molecule has 0 saturated carbocycles. The van der Waals surface area contributed by atoms with Crippen molar-refractivity contribution in [1.82, 2.24) is 15.2 Å². The number of carbonyl (C=O) groups excluding carboxylic acids is 1. The Morgan fingerprint density at radius 3 is 2.56 bits per heavy atom. The van der Waals surface area contributed by atoms with Gasteiger partial charge in [-0.25, -0.2) is 0 Å². The standard InChI is InChI=1S/C22H29N3O2/c1-16-11-20(22(26)25-9-6-18(7-10-25)13-23-3)12-17(2)21(16)27-15-19-5-4-8-24-14-19/h4-5,8,11-12,14,18,23H,6-7,9-10,13,15H2,1-3H3. The molecule has 1 aliphatic heterocycles. The van der Waals surface area contributed by atoms with Crippen molar-refractivity contribution >= 4 is 5.91 Å². The van der Waals surface area contributed by atoms with Crippen LogP contribution in [-0.4, -0.2) is 42.5 Å². The average molecular weight is 367 g/mol. The first kappa shape index (κ1) is 19.4. The molecule has 0 unspecified atom stereocenters. The Hall–Kier alpha value is -2.40. The normalized spacial score (nSPS) is 15.0. The molecular weight excluding hydrogens is 338 g/mol. The molecule has 3 rings (SSSR count). The van der Waals surface area contributed by atoms with Crippen LogP contribution in [0.2, 0.25) is 0 Å². The molecule has 1 saturated heterocycles. The van der Waals surface area contributed by atoms with E-state index >= 15 is 0 Å². The van der Waals surface area contributed by atoms with Crippen LogP contribution in [0.4, 0.5) is 0 Å². The van der Waals surface area contributed by atoms with Crippen LogP contribution in [0.5, 0.6) is 5.75 Å². The Bertz CT molecular complexity index is 745. The molecule has 144 valence electrons. The van der Waals surface area contributed by atoms with Crippen molar-refractivity contribution in [1.29, 1.82) is 0 Å². The maximum Gasteiger partial charge on any atom is 0.253 e. The molecule has 1 aliphatic rings. The third-order valence-electron chi connectivity index (χ3n) is 5.21. The lowest BCUT2D eigenvalue weighted by atomic mass is 9.96. The molecule has 5 heteroatoms. The molecule has 0 atom stereocenters. The lowest BCUT2D eigenvalue weighted by Crippen LogP contribution is -2.40. The molecular formula is C22H29N3O2. The monoisotopic (exact) mass is 367 g/mol. The zero-order valence-electron chi connectivity index (χ0n) is 16.5. The van der Waals surface area contributed by atoms with E-state index in [2.05, 4.69) is 10.3 Å². The summed E-state index contributed by atoms with van der Waals surface area (Å²) in [6.07, 6.45) is 5.69. The zero-order chi connectivity index (χ0) is 19.2. The van der Waals surface area contributed by atoms with Gasteiger partial charge in [0.15, 0.2) is 0 Å². The third kappa shape index (κ3) is 4.86. The van der Waals surface area contributed by atoms with Gasteiger partial charge in [-0.05, 0) is 75.5 Å². The Morgan fingerprint density at radius 1 is 1.26 bits per heavy atom. The lowest BCUT2D eigenvalue weighted by molar-refractivity contribution is 0.0690. The maximum absolute atomic E-state index is 12.9. The van der Waals surface area contributed by atoms with Crippen LogP contribution in [0.15, 0.2) is 36.7 Å². The van der Waals surface area contributed by atoms with Gasteiger partial charge >= 0.3 is 0 Å². The molecule has 0 aliphatic carbocycles. The second-order valence-electron chi connectivity index (χ2n) is 7.38. The van der Waals surface area contributed by atoms with Crippen molar-refractivity contribution in [3.8, 4) is 5.75 Å². The van der Waals surface area contributed by atoms with Gasteiger partial charge in [0.05, 0.1) is 0 Å². The van der Waals surface area contributed by atoms with E-state index in [9.17, 15) is 4.79 Å². The van der Waals surface area contributed by atoms with E-state index in [4.69, 9.17) is 4.74 Å². The second kappa shape index (κ2) is 9.00. The summed E-state index contributed by atoms with van der Waals surface area (Å²) in [6.45, 7) is 7.18. The van der Waals surface area contributed by atoms with Crippen molar-refractivity contribution < 1.29 is 9.53 Å². The lowest BCUT2D eigenvalue weighted by Gasteiger charge is -2.32. The molecule has 2 aromatic rings. The number of aromatic nitrogens is 1. The number of hydrogen-bond donors (Lipinski definition) is 1. The Morgan fingerprint density at radius 2 is 1.96 bits per heavy atom. The fraction of sp³-hybridized carbons (Fsp3) is 0.455. The van der Waals surface area contributed by atoms with Crippen molar-refractivity contribution in [3.63, 3.8) is 0 Å². The van der Waals surface area contributed by atoms with E-state index in [1.54, 1.807) is 12.4 Å². The SMILES string of the molecule is CNCC1CCN(C(=O)c2cc(C)c(OCc3cccnc3)c(C)c2)CC1. The highest BCUT2D eigenvalue weighted by atomic mass is 16.5. The number of aryl methyl sites for hydroxylation is 2. The second-order valence-corrected chi connectivity index (χ2v) is 7.38. The molecule has 2 heterocycles. The van der Waals surface area contributed by atoms with Gasteiger partial charge in [-0.1, -0.05) is 6.07 Å². The predicted octanol–water partition coefficient (Wildman–Crippen LogP) is 3.35. The number of amides is 1. The van der Waals surface area contributed by atoms with Gasteiger partial charge in [-0.15, -0.1) is 0 Å². The minimum Gasteiger partial charge on any atom is -0.488 e. The first-order valence-corrected chi connectivity index (χ1v) is 9.65. The first-order chi connectivity index (χ1) is 13.1. The fourth-order valence-corrected chi connectivity index (χ4v) is 3.75. The number of likely N-dealkylation sites (tertiary alicyclic amines) is 1. The summed E-state index contributed by atoms with van der Waals surface area (Å²) in [7, 11) is 1.99. The number of piperidine rings is 1. The van der Waals surface area contributed by atoms with Gasteiger partial charge in [0.1, 0.15) is 12.4 Å². The van der Waals surface area contributed by atoms with Crippen molar-refractivity contribution in [2.45, 2.75) is 33.3 Å². The van der Waals surface area contributed by atoms with Crippen LogP contribution in [-0.2, 0) is 6.61 Å². The van der Waals surface area contributed by atoms with Gasteiger partial charge in [-0.2, -0.15) is 0 Å². The minimum absolute atomic E-state index is 0.128. The van der Waals surface area contributed by atoms with Gasteiger partial charge < -0.3 is 15.0 Å². The topological polar surface area (TPSA) is 54.5 Å². The van der Waals surface area contributed by atoms with Gasteiger partial charge in [0, 0.05) is 36.6 Å². The van der Waals surface area contributed by atoms with Crippen molar-refractivity contribution in [3.05, 3.63) is 58.9 Å². The van der Waals surface area contributed by atoms with Crippen LogP contribution >= 0.6 is 0 Å². The van der Waals surface area contributed by atoms with Crippen LogP contribution in [0, 0.1) is 19.8 Å². The van der Waals surface area contributed by atoms with E-state index in [0.717, 1.165) is 60.5 Å². The van der Waals surface area contributed by atoms with E-state index in [1.807, 2.05) is 50.1 Å². The summed E-state index contributed by atoms with van der Waals surface area (Å²) in [5, 5.41) is 3.24. The van der Waals surface area contributed by atoms with Gasteiger partial charge in [0.25, 0.3) is 5.91 Å². The molecule has 0 radical (unpaired) electrons. The molecule has 1 aromatic heterocycles. The predicted molar refractivity (Wildman–Crippen MR) is 107 cm³/mol. The molecule has 1 amide bonds. The Kier molecular flexibility index (Phi) is 6.45. The van der Waals surface area contributed by atoms with Crippen LogP contribution < -0.4 is 10.1 Å². The highest BCUT2D eigenvalue weighted by molar-refractivity contribution is 5.95. The van der Waals surface area contributed by atoms with Crippen LogP contribution in [0.1, 0.15) is 39.9 Å². The molecule has 0 bridgehead atoms. The smallest absolute Gasteiger partial charge is 0.253 e. The summed E-state index contributed by atoms with van der Waals surface area (Å²) in [5.74, 6) is 1.65. The van der Waals surface area contributed by atoms with E-state index in [0.29, 0.717) is 12.5 Å². The molecule has 5 nitrogen and oxygen atoms in total. The van der Waals surface area contributed by atoms with E-state index in [1.165, 1.54) is 0 Å². The van der Waals surface area contributed by atoms with Crippen LogP contribution in [0.3, 0.4) is 0 Å². The fourth-order valence-electron chi connectivity index (χ4n) is 3.75. The number of hydrogen-bond acceptors (Lipinski definition) is 4. The summed E-state index contributed by atoms with van der Waals surface area (Å²) >= 11 is 0. The number of benzene rings is 1. The molecule has 1 aromatic carbocycles. The number of carbonyl (C=O) groups is 1. The number of nitrogens with one attached hydrogen (secondary N) is 1. The molecule has 1 N–H and O–H groups in total. The van der Waals surface area contributed by atoms with E-state index < -0.39 is 0 Å².